The second-order valence-corrected chi connectivity index (χ2v) is 4.86. The Hall–Kier alpha value is -1.35. The van der Waals surface area contributed by atoms with E-state index in [1.165, 1.54) is 0 Å². The highest BCUT2D eigenvalue weighted by atomic mass is 16.5. The SMILES string of the molecule is COc1ccc(C(=O)CC2CCOCC2)c(C)c1. The van der Waals surface area contributed by atoms with Gasteiger partial charge in [0, 0.05) is 25.2 Å². The van der Waals surface area contributed by atoms with E-state index in [0.717, 1.165) is 42.9 Å². The maximum atomic E-state index is 12.3. The highest BCUT2D eigenvalue weighted by Crippen LogP contribution is 2.23. The molecule has 18 heavy (non-hydrogen) atoms. The molecule has 1 fully saturated rings. The molecule has 1 aromatic carbocycles. The maximum Gasteiger partial charge on any atom is 0.163 e. The molecule has 3 nitrogen and oxygen atoms in total. The van der Waals surface area contributed by atoms with Gasteiger partial charge in [-0.1, -0.05) is 0 Å². The lowest BCUT2D eigenvalue weighted by atomic mass is 9.90. The minimum absolute atomic E-state index is 0.238. The van der Waals surface area contributed by atoms with E-state index >= 15 is 0 Å². The normalized spacial score (nSPS) is 16.6. The lowest BCUT2D eigenvalue weighted by molar-refractivity contribution is 0.0601. The van der Waals surface area contributed by atoms with Crippen molar-refractivity contribution in [3.8, 4) is 5.75 Å². The van der Waals surface area contributed by atoms with E-state index in [-0.39, 0.29) is 5.78 Å². The Kier molecular flexibility index (Phi) is 4.37. The van der Waals surface area contributed by atoms with Crippen LogP contribution in [-0.2, 0) is 4.74 Å². The van der Waals surface area contributed by atoms with Crippen molar-refractivity contribution in [1.82, 2.24) is 0 Å². The summed E-state index contributed by atoms with van der Waals surface area (Å²) < 4.78 is 10.5. The van der Waals surface area contributed by atoms with Crippen LogP contribution >= 0.6 is 0 Å². The minimum atomic E-state index is 0.238. The molecule has 0 bridgehead atoms. The number of hydrogen-bond donors (Lipinski definition) is 0. The average molecular weight is 248 g/mol. The number of rotatable bonds is 4. The first-order chi connectivity index (χ1) is 8.70. The molecule has 98 valence electrons. The van der Waals surface area contributed by atoms with Crippen LogP contribution in [0.5, 0.6) is 5.75 Å². The summed E-state index contributed by atoms with van der Waals surface area (Å²) in [5.41, 5.74) is 1.81. The van der Waals surface area contributed by atoms with Crippen LogP contribution in [0, 0.1) is 12.8 Å². The number of hydrogen-bond acceptors (Lipinski definition) is 3. The Morgan fingerprint density at radius 3 is 2.72 bits per heavy atom. The Morgan fingerprint density at radius 2 is 2.11 bits per heavy atom. The lowest BCUT2D eigenvalue weighted by Gasteiger charge is -2.21. The van der Waals surface area contributed by atoms with Crippen LogP contribution in [0.2, 0.25) is 0 Å². The second kappa shape index (κ2) is 6.01. The zero-order valence-corrected chi connectivity index (χ0v) is 11.1. The van der Waals surface area contributed by atoms with E-state index < -0.39 is 0 Å². The van der Waals surface area contributed by atoms with Crippen molar-refractivity contribution in [3.05, 3.63) is 29.3 Å². The summed E-state index contributed by atoms with van der Waals surface area (Å²) in [5, 5.41) is 0. The number of benzene rings is 1. The molecule has 0 N–H and O–H groups in total. The molecule has 0 unspecified atom stereocenters. The number of carbonyl (C=O) groups is 1. The average Bonchev–Trinajstić information content (AvgIpc) is 2.39. The minimum Gasteiger partial charge on any atom is -0.497 e. The predicted molar refractivity (Wildman–Crippen MR) is 70.2 cm³/mol. The van der Waals surface area contributed by atoms with Crippen molar-refractivity contribution >= 4 is 5.78 Å². The molecule has 2 rings (SSSR count). The van der Waals surface area contributed by atoms with Gasteiger partial charge in [0.25, 0.3) is 0 Å². The van der Waals surface area contributed by atoms with Gasteiger partial charge >= 0.3 is 0 Å². The highest BCUT2D eigenvalue weighted by molar-refractivity contribution is 5.97. The second-order valence-electron chi connectivity index (χ2n) is 4.86. The van der Waals surface area contributed by atoms with Gasteiger partial charge in [-0.15, -0.1) is 0 Å². The lowest BCUT2D eigenvalue weighted by Crippen LogP contribution is -2.19. The monoisotopic (exact) mass is 248 g/mol. The largest absolute Gasteiger partial charge is 0.497 e. The summed E-state index contributed by atoms with van der Waals surface area (Å²) in [6, 6.07) is 5.64. The van der Waals surface area contributed by atoms with Crippen LogP contribution in [0.4, 0.5) is 0 Å². The molecule has 1 aliphatic heterocycles. The fourth-order valence-corrected chi connectivity index (χ4v) is 2.40. The summed E-state index contributed by atoms with van der Waals surface area (Å²) in [6.07, 6.45) is 2.64. The van der Waals surface area contributed by atoms with Crippen molar-refractivity contribution < 1.29 is 14.3 Å². The third kappa shape index (κ3) is 3.10. The summed E-state index contributed by atoms with van der Waals surface area (Å²) in [4.78, 5) is 12.3. The van der Waals surface area contributed by atoms with E-state index in [1.807, 2.05) is 25.1 Å². The van der Waals surface area contributed by atoms with Gasteiger partial charge in [0.15, 0.2) is 5.78 Å². The smallest absolute Gasteiger partial charge is 0.163 e. The van der Waals surface area contributed by atoms with Crippen molar-refractivity contribution in [2.24, 2.45) is 5.92 Å². The fourth-order valence-electron chi connectivity index (χ4n) is 2.40. The molecule has 0 saturated carbocycles. The van der Waals surface area contributed by atoms with E-state index in [0.29, 0.717) is 12.3 Å². The quantitative estimate of drug-likeness (QED) is 0.768. The summed E-state index contributed by atoms with van der Waals surface area (Å²) in [6.45, 7) is 3.54. The zero-order chi connectivity index (χ0) is 13.0. The molecule has 0 aromatic heterocycles. The van der Waals surface area contributed by atoms with Crippen molar-refractivity contribution in [2.75, 3.05) is 20.3 Å². The van der Waals surface area contributed by atoms with Gasteiger partial charge in [-0.2, -0.15) is 0 Å². The van der Waals surface area contributed by atoms with E-state index in [9.17, 15) is 4.79 Å². The summed E-state index contributed by atoms with van der Waals surface area (Å²) in [5.74, 6) is 1.52. The van der Waals surface area contributed by atoms with E-state index in [1.54, 1.807) is 7.11 Å². The number of ether oxygens (including phenoxy) is 2. The molecule has 0 amide bonds. The first-order valence-corrected chi connectivity index (χ1v) is 6.46. The Labute approximate surface area is 108 Å². The van der Waals surface area contributed by atoms with Gasteiger partial charge < -0.3 is 9.47 Å². The number of ketones is 1. The third-order valence-corrected chi connectivity index (χ3v) is 3.55. The molecule has 1 heterocycles. The van der Waals surface area contributed by atoms with Crippen LogP contribution < -0.4 is 4.74 Å². The number of methoxy groups -OCH3 is 1. The van der Waals surface area contributed by atoms with Gasteiger partial charge in [0.05, 0.1) is 7.11 Å². The maximum absolute atomic E-state index is 12.3. The zero-order valence-electron chi connectivity index (χ0n) is 11.1. The van der Waals surface area contributed by atoms with Crippen LogP contribution in [0.1, 0.15) is 35.2 Å². The fraction of sp³-hybridized carbons (Fsp3) is 0.533. The van der Waals surface area contributed by atoms with Crippen molar-refractivity contribution in [1.29, 1.82) is 0 Å². The standard InChI is InChI=1S/C15H20O3/c1-11-9-13(17-2)3-4-14(11)15(16)10-12-5-7-18-8-6-12/h3-4,9,12H,5-8,10H2,1-2H3. The van der Waals surface area contributed by atoms with Crippen LogP contribution in [0.3, 0.4) is 0 Å². The topological polar surface area (TPSA) is 35.5 Å². The van der Waals surface area contributed by atoms with Crippen LogP contribution in [0.15, 0.2) is 18.2 Å². The van der Waals surface area contributed by atoms with Crippen LogP contribution in [-0.4, -0.2) is 26.1 Å². The predicted octanol–water partition coefficient (Wildman–Crippen LogP) is 3.00. The summed E-state index contributed by atoms with van der Waals surface area (Å²) in [7, 11) is 1.64. The Balaban J connectivity index is 2.03. The first-order valence-electron chi connectivity index (χ1n) is 6.46. The third-order valence-electron chi connectivity index (χ3n) is 3.55. The van der Waals surface area contributed by atoms with E-state index in [4.69, 9.17) is 9.47 Å². The molecule has 3 heteroatoms. The number of Topliss-reactive ketones (excluding diaryl/α,β-unsaturated/α-hetero) is 1. The Bertz CT molecular complexity index is 420. The van der Waals surface area contributed by atoms with Crippen LogP contribution in [0.25, 0.3) is 0 Å². The molecule has 0 aliphatic carbocycles. The number of aryl methyl sites for hydroxylation is 1. The first kappa shape index (κ1) is 13.1. The van der Waals surface area contributed by atoms with E-state index in [2.05, 4.69) is 0 Å². The molecule has 1 aromatic rings. The Morgan fingerprint density at radius 1 is 1.39 bits per heavy atom. The molecule has 0 spiro atoms. The van der Waals surface area contributed by atoms with Gasteiger partial charge in [-0.3, -0.25) is 4.79 Å². The van der Waals surface area contributed by atoms with Gasteiger partial charge in [-0.05, 0) is 49.4 Å². The van der Waals surface area contributed by atoms with Crippen molar-refractivity contribution in [3.63, 3.8) is 0 Å². The molecule has 0 radical (unpaired) electrons. The van der Waals surface area contributed by atoms with Gasteiger partial charge in [0.1, 0.15) is 5.75 Å². The van der Waals surface area contributed by atoms with Crippen molar-refractivity contribution in [2.45, 2.75) is 26.2 Å². The molecule has 1 saturated heterocycles. The van der Waals surface area contributed by atoms with Gasteiger partial charge in [0.2, 0.25) is 0 Å². The molecular weight excluding hydrogens is 228 g/mol. The number of carbonyl (C=O) groups excluding carboxylic acids is 1. The molecule has 1 aliphatic rings. The van der Waals surface area contributed by atoms with Gasteiger partial charge in [-0.25, -0.2) is 0 Å². The highest BCUT2D eigenvalue weighted by Gasteiger charge is 2.19. The molecular formula is C15H20O3. The molecule has 0 atom stereocenters. The summed E-state index contributed by atoms with van der Waals surface area (Å²) >= 11 is 0.